The van der Waals surface area contributed by atoms with Gasteiger partial charge in [-0.2, -0.15) is 0 Å². The van der Waals surface area contributed by atoms with Crippen molar-refractivity contribution in [1.29, 1.82) is 0 Å². The molecule has 2 aromatic heterocycles. The molecule has 9 heteroatoms. The van der Waals surface area contributed by atoms with Gasteiger partial charge in [0.15, 0.2) is 10.3 Å². The molecular formula is C14H13BrN4O2S2. The highest BCUT2D eigenvalue weighted by Crippen LogP contribution is 2.25. The maximum atomic E-state index is 11.9. The first-order chi connectivity index (χ1) is 11.1. The van der Waals surface area contributed by atoms with Crippen molar-refractivity contribution < 1.29 is 9.53 Å². The van der Waals surface area contributed by atoms with E-state index in [0.717, 1.165) is 20.6 Å². The van der Waals surface area contributed by atoms with Gasteiger partial charge in [-0.15, -0.1) is 0 Å². The van der Waals surface area contributed by atoms with Gasteiger partial charge < -0.3 is 15.0 Å². The van der Waals surface area contributed by atoms with Crippen molar-refractivity contribution in [3.63, 3.8) is 0 Å². The summed E-state index contributed by atoms with van der Waals surface area (Å²) in [7, 11) is 0. The SMILES string of the molecule is CCOc1ccc2nc(SCC(=O)Nc3ncc(Br)s3)[nH]c2c1. The molecule has 0 bridgehead atoms. The number of thioether (sulfide) groups is 1. The standard InChI is InChI=1S/C14H13BrN4O2S2/c1-2-21-8-3-4-9-10(5-8)18-14(17-9)22-7-12(20)19-13-16-6-11(15)23-13/h3-6H,2,7H2,1H3,(H,17,18)(H,16,19,20). The van der Waals surface area contributed by atoms with Crippen molar-refractivity contribution in [2.24, 2.45) is 0 Å². The number of thiazole rings is 1. The maximum Gasteiger partial charge on any atom is 0.236 e. The number of nitrogens with zero attached hydrogens (tertiary/aromatic N) is 2. The molecule has 3 rings (SSSR count). The van der Waals surface area contributed by atoms with E-state index in [2.05, 4.69) is 36.2 Å². The second-order valence-electron chi connectivity index (χ2n) is 4.46. The summed E-state index contributed by atoms with van der Waals surface area (Å²) < 4.78 is 6.34. The molecule has 0 aliphatic rings. The Kier molecular flexibility index (Phi) is 5.19. The van der Waals surface area contributed by atoms with Crippen LogP contribution in [0.15, 0.2) is 33.3 Å². The lowest BCUT2D eigenvalue weighted by molar-refractivity contribution is -0.113. The molecule has 2 heterocycles. The summed E-state index contributed by atoms with van der Waals surface area (Å²) in [6.45, 7) is 2.56. The molecule has 0 unspecified atom stereocenters. The summed E-state index contributed by atoms with van der Waals surface area (Å²) in [5.74, 6) is 0.939. The Labute approximate surface area is 149 Å². The average Bonchev–Trinajstić information content (AvgIpc) is 3.11. The maximum absolute atomic E-state index is 11.9. The number of halogens is 1. The molecule has 23 heavy (non-hydrogen) atoms. The van der Waals surface area contributed by atoms with E-state index in [1.54, 1.807) is 6.20 Å². The molecule has 6 nitrogen and oxygen atoms in total. The van der Waals surface area contributed by atoms with Crippen LogP contribution in [0.2, 0.25) is 0 Å². The van der Waals surface area contributed by atoms with Crippen LogP contribution in [0.25, 0.3) is 11.0 Å². The molecule has 120 valence electrons. The number of amides is 1. The van der Waals surface area contributed by atoms with Crippen LogP contribution in [0.4, 0.5) is 5.13 Å². The number of carbonyl (C=O) groups is 1. The molecule has 0 spiro atoms. The number of aromatic amines is 1. The van der Waals surface area contributed by atoms with Gasteiger partial charge in [-0.25, -0.2) is 9.97 Å². The number of H-pyrrole nitrogens is 1. The van der Waals surface area contributed by atoms with Crippen molar-refractivity contribution in [2.75, 3.05) is 17.7 Å². The van der Waals surface area contributed by atoms with Gasteiger partial charge in [-0.05, 0) is 35.0 Å². The fraction of sp³-hybridized carbons (Fsp3) is 0.214. The number of aromatic nitrogens is 3. The average molecular weight is 413 g/mol. The van der Waals surface area contributed by atoms with Gasteiger partial charge in [0.25, 0.3) is 0 Å². The number of fused-ring (bicyclic) bond motifs is 1. The van der Waals surface area contributed by atoms with E-state index in [9.17, 15) is 4.79 Å². The zero-order valence-electron chi connectivity index (χ0n) is 12.1. The minimum absolute atomic E-state index is 0.118. The highest BCUT2D eigenvalue weighted by Gasteiger charge is 2.09. The van der Waals surface area contributed by atoms with Crippen LogP contribution in [0.1, 0.15) is 6.92 Å². The normalized spacial score (nSPS) is 10.9. The highest BCUT2D eigenvalue weighted by molar-refractivity contribution is 9.11. The lowest BCUT2D eigenvalue weighted by Crippen LogP contribution is -2.13. The molecule has 0 fully saturated rings. The number of carbonyl (C=O) groups excluding carboxylic acids is 1. The summed E-state index contributed by atoms with van der Waals surface area (Å²) in [5.41, 5.74) is 1.74. The summed E-state index contributed by atoms with van der Waals surface area (Å²) in [6.07, 6.45) is 1.66. The number of nitrogens with one attached hydrogen (secondary N) is 2. The largest absolute Gasteiger partial charge is 0.494 e. The number of anilines is 1. The third-order valence-electron chi connectivity index (χ3n) is 2.81. The molecule has 0 aliphatic carbocycles. The smallest absolute Gasteiger partial charge is 0.236 e. The highest BCUT2D eigenvalue weighted by atomic mass is 79.9. The topological polar surface area (TPSA) is 79.9 Å². The van der Waals surface area contributed by atoms with Crippen molar-refractivity contribution in [3.05, 3.63) is 28.2 Å². The Morgan fingerprint density at radius 1 is 1.52 bits per heavy atom. The fourth-order valence-corrected chi connectivity index (χ4v) is 3.70. The Morgan fingerprint density at radius 3 is 3.13 bits per heavy atom. The molecule has 0 saturated heterocycles. The minimum Gasteiger partial charge on any atom is -0.494 e. The third kappa shape index (κ3) is 4.24. The predicted octanol–water partition coefficient (Wildman–Crippen LogP) is 3.91. The number of ether oxygens (including phenoxy) is 1. The Morgan fingerprint density at radius 2 is 2.39 bits per heavy atom. The van der Waals surface area contributed by atoms with Crippen LogP contribution < -0.4 is 10.1 Å². The molecule has 0 saturated carbocycles. The van der Waals surface area contributed by atoms with Gasteiger partial charge in [0, 0.05) is 6.07 Å². The summed E-state index contributed by atoms with van der Waals surface area (Å²) in [6, 6.07) is 5.69. The molecular weight excluding hydrogens is 400 g/mol. The van der Waals surface area contributed by atoms with Crippen molar-refractivity contribution in [1.82, 2.24) is 15.0 Å². The predicted molar refractivity (Wildman–Crippen MR) is 96.4 cm³/mol. The summed E-state index contributed by atoms with van der Waals surface area (Å²) in [5, 5.41) is 4.02. The monoisotopic (exact) mass is 412 g/mol. The second-order valence-corrected chi connectivity index (χ2v) is 7.83. The van der Waals surface area contributed by atoms with E-state index in [4.69, 9.17) is 4.74 Å². The third-order valence-corrected chi connectivity index (χ3v) is 5.07. The lowest BCUT2D eigenvalue weighted by Gasteiger charge is -2.00. The van der Waals surface area contributed by atoms with E-state index < -0.39 is 0 Å². The Bertz CT molecular complexity index is 833. The van der Waals surface area contributed by atoms with Crippen LogP contribution in [0.5, 0.6) is 5.75 Å². The zero-order chi connectivity index (χ0) is 16.2. The molecule has 3 aromatic rings. The van der Waals surface area contributed by atoms with Crippen LogP contribution in [-0.4, -0.2) is 33.2 Å². The van der Waals surface area contributed by atoms with E-state index in [1.807, 2.05) is 25.1 Å². The molecule has 1 aromatic carbocycles. The van der Waals surface area contributed by atoms with E-state index in [0.29, 0.717) is 16.9 Å². The lowest BCUT2D eigenvalue weighted by atomic mass is 10.3. The van der Waals surface area contributed by atoms with Crippen molar-refractivity contribution in [2.45, 2.75) is 12.1 Å². The zero-order valence-corrected chi connectivity index (χ0v) is 15.3. The van der Waals surface area contributed by atoms with Gasteiger partial charge in [-0.3, -0.25) is 4.79 Å². The minimum atomic E-state index is -0.118. The summed E-state index contributed by atoms with van der Waals surface area (Å²) >= 11 is 6.03. The van der Waals surface area contributed by atoms with Crippen LogP contribution >= 0.6 is 39.0 Å². The van der Waals surface area contributed by atoms with Crippen LogP contribution in [0.3, 0.4) is 0 Å². The fourth-order valence-electron chi connectivity index (χ4n) is 1.89. The van der Waals surface area contributed by atoms with Crippen LogP contribution in [0, 0.1) is 0 Å². The van der Waals surface area contributed by atoms with Crippen molar-refractivity contribution in [3.8, 4) is 5.75 Å². The van der Waals surface area contributed by atoms with Gasteiger partial charge >= 0.3 is 0 Å². The summed E-state index contributed by atoms with van der Waals surface area (Å²) in [4.78, 5) is 23.6. The Balaban J connectivity index is 1.61. The number of benzene rings is 1. The van der Waals surface area contributed by atoms with E-state index >= 15 is 0 Å². The van der Waals surface area contributed by atoms with Gasteiger partial charge in [0.2, 0.25) is 5.91 Å². The number of hydrogen-bond donors (Lipinski definition) is 2. The number of rotatable bonds is 6. The first-order valence-electron chi connectivity index (χ1n) is 6.80. The first kappa shape index (κ1) is 16.3. The quantitative estimate of drug-likeness (QED) is 0.599. The number of imidazole rings is 1. The molecule has 0 aliphatic heterocycles. The Hall–Kier alpha value is -1.58. The van der Waals surface area contributed by atoms with Gasteiger partial charge in [0.1, 0.15) is 5.75 Å². The van der Waals surface area contributed by atoms with E-state index in [-0.39, 0.29) is 11.7 Å². The molecule has 2 N–H and O–H groups in total. The number of hydrogen-bond acceptors (Lipinski definition) is 6. The molecule has 0 atom stereocenters. The van der Waals surface area contributed by atoms with Crippen LogP contribution in [-0.2, 0) is 4.79 Å². The first-order valence-corrected chi connectivity index (χ1v) is 9.40. The van der Waals surface area contributed by atoms with Gasteiger partial charge in [-0.1, -0.05) is 23.1 Å². The van der Waals surface area contributed by atoms with Crippen molar-refractivity contribution >= 4 is 61.1 Å². The van der Waals surface area contributed by atoms with Gasteiger partial charge in [0.05, 0.1) is 33.4 Å². The second kappa shape index (κ2) is 7.33. The van der Waals surface area contributed by atoms with E-state index in [1.165, 1.54) is 23.1 Å². The molecule has 0 radical (unpaired) electrons. The molecule has 1 amide bonds.